The molecule has 0 aliphatic carbocycles. The molecular weight excluding hydrogens is 249 g/mol. The second-order valence-corrected chi connectivity index (χ2v) is 3.92. The van der Waals surface area contributed by atoms with Gasteiger partial charge in [-0.3, -0.25) is 0 Å². The van der Waals surface area contributed by atoms with Crippen LogP contribution in [0.5, 0.6) is 0 Å². The first kappa shape index (κ1) is 15.6. The minimum atomic E-state index is -0.361. The number of hydrogen-bond donors (Lipinski definition) is 0. The largest absolute Gasteiger partial charge is 0.382 e. The molecule has 4 nitrogen and oxygen atoms in total. The van der Waals surface area contributed by atoms with E-state index in [1.165, 1.54) is 18.2 Å². The van der Waals surface area contributed by atoms with Crippen molar-refractivity contribution < 1.29 is 18.6 Å². The maximum atomic E-state index is 13.0. The molecule has 0 atom stereocenters. The second kappa shape index (κ2) is 9.45. The molecule has 0 spiro atoms. The fourth-order valence-electron chi connectivity index (χ4n) is 1.48. The molecule has 0 heterocycles. The second-order valence-electron chi connectivity index (χ2n) is 3.92. The van der Waals surface area contributed by atoms with Crippen LogP contribution in [0.25, 0.3) is 0 Å². The Labute approximate surface area is 112 Å². The average molecular weight is 267 g/mol. The molecule has 19 heavy (non-hydrogen) atoms. The first-order chi connectivity index (χ1) is 9.27. The van der Waals surface area contributed by atoms with Crippen LogP contribution in [0, 0.1) is 17.1 Å². The number of methoxy groups -OCH3 is 1. The molecule has 0 aliphatic rings. The van der Waals surface area contributed by atoms with Gasteiger partial charge in [-0.2, -0.15) is 5.26 Å². The van der Waals surface area contributed by atoms with Gasteiger partial charge >= 0.3 is 0 Å². The van der Waals surface area contributed by atoms with Crippen molar-refractivity contribution in [3.63, 3.8) is 0 Å². The van der Waals surface area contributed by atoms with E-state index in [1.807, 2.05) is 6.07 Å². The summed E-state index contributed by atoms with van der Waals surface area (Å²) in [7, 11) is 1.62. The third-order valence-electron chi connectivity index (χ3n) is 2.45. The van der Waals surface area contributed by atoms with E-state index in [0.29, 0.717) is 37.6 Å². The van der Waals surface area contributed by atoms with Gasteiger partial charge in [0.1, 0.15) is 5.82 Å². The Morgan fingerprint density at radius 3 is 2.68 bits per heavy atom. The van der Waals surface area contributed by atoms with Crippen LogP contribution >= 0.6 is 0 Å². The van der Waals surface area contributed by atoms with E-state index >= 15 is 0 Å². The van der Waals surface area contributed by atoms with Crippen LogP contribution in [0.4, 0.5) is 4.39 Å². The summed E-state index contributed by atoms with van der Waals surface area (Å²) < 4.78 is 28.5. The highest BCUT2D eigenvalue weighted by atomic mass is 19.1. The summed E-state index contributed by atoms with van der Waals surface area (Å²) in [6.07, 6.45) is 0.751. The number of ether oxygens (including phenoxy) is 3. The Balaban J connectivity index is 2.19. The Morgan fingerprint density at radius 2 is 1.95 bits per heavy atom. The molecule has 104 valence electrons. The maximum absolute atomic E-state index is 13.0. The van der Waals surface area contributed by atoms with Crippen LogP contribution in [0.2, 0.25) is 0 Å². The molecule has 0 bridgehead atoms. The van der Waals surface area contributed by atoms with Gasteiger partial charge in [-0.15, -0.1) is 0 Å². The Hall–Kier alpha value is -1.48. The summed E-state index contributed by atoms with van der Waals surface area (Å²) in [5, 5.41) is 8.87. The fraction of sp³-hybridized carbons (Fsp3) is 0.500. The van der Waals surface area contributed by atoms with Crippen LogP contribution < -0.4 is 0 Å². The third-order valence-corrected chi connectivity index (χ3v) is 2.45. The van der Waals surface area contributed by atoms with Gasteiger partial charge < -0.3 is 14.2 Å². The summed E-state index contributed by atoms with van der Waals surface area (Å²) in [4.78, 5) is 0. The van der Waals surface area contributed by atoms with Gasteiger partial charge in [-0.25, -0.2) is 4.39 Å². The summed E-state index contributed by atoms with van der Waals surface area (Å²) in [6.45, 7) is 2.49. The maximum Gasteiger partial charge on any atom is 0.123 e. The lowest BCUT2D eigenvalue weighted by Gasteiger charge is -2.07. The van der Waals surface area contributed by atoms with Gasteiger partial charge in [-0.1, -0.05) is 0 Å². The van der Waals surface area contributed by atoms with Crippen molar-refractivity contribution in [3.05, 3.63) is 35.1 Å². The van der Waals surface area contributed by atoms with E-state index in [0.717, 1.165) is 6.42 Å². The van der Waals surface area contributed by atoms with Crippen molar-refractivity contribution >= 4 is 0 Å². The molecule has 1 aromatic rings. The van der Waals surface area contributed by atoms with Crippen molar-refractivity contribution in [1.82, 2.24) is 0 Å². The Morgan fingerprint density at radius 1 is 1.16 bits per heavy atom. The molecule has 0 fully saturated rings. The molecular formula is C14H18FNO3. The normalized spacial score (nSPS) is 10.4. The Kier molecular flexibility index (Phi) is 7.75. The van der Waals surface area contributed by atoms with Crippen LogP contribution in [0.1, 0.15) is 17.5 Å². The van der Waals surface area contributed by atoms with Gasteiger partial charge in [-0.05, 0) is 30.2 Å². The van der Waals surface area contributed by atoms with E-state index in [9.17, 15) is 4.39 Å². The number of rotatable bonds is 9. The van der Waals surface area contributed by atoms with Gasteiger partial charge in [0.15, 0.2) is 0 Å². The van der Waals surface area contributed by atoms with E-state index in [4.69, 9.17) is 19.5 Å². The number of nitriles is 1. The number of benzene rings is 1. The summed E-state index contributed by atoms with van der Waals surface area (Å²) >= 11 is 0. The predicted molar refractivity (Wildman–Crippen MR) is 68.1 cm³/mol. The topological polar surface area (TPSA) is 51.5 Å². The van der Waals surface area contributed by atoms with Gasteiger partial charge in [0.25, 0.3) is 0 Å². The minimum absolute atomic E-state index is 0.235. The van der Waals surface area contributed by atoms with Crippen molar-refractivity contribution in [2.24, 2.45) is 0 Å². The summed E-state index contributed by atoms with van der Waals surface area (Å²) in [5.74, 6) is -0.361. The molecule has 0 saturated carbocycles. The van der Waals surface area contributed by atoms with Gasteiger partial charge in [0.2, 0.25) is 0 Å². The van der Waals surface area contributed by atoms with E-state index < -0.39 is 0 Å². The molecule has 0 radical (unpaired) electrons. The number of halogens is 1. The fourth-order valence-corrected chi connectivity index (χ4v) is 1.48. The average Bonchev–Trinajstić information content (AvgIpc) is 2.42. The molecule has 0 N–H and O–H groups in total. The molecule has 0 aromatic heterocycles. The molecule has 1 aromatic carbocycles. The van der Waals surface area contributed by atoms with Crippen molar-refractivity contribution in [3.8, 4) is 6.07 Å². The zero-order chi connectivity index (χ0) is 13.9. The SMILES string of the molecule is COCCOCCCOCc1cc(F)ccc1C#N. The molecule has 5 heteroatoms. The van der Waals surface area contributed by atoms with E-state index in [1.54, 1.807) is 7.11 Å². The highest BCUT2D eigenvalue weighted by Crippen LogP contribution is 2.11. The lowest BCUT2D eigenvalue weighted by atomic mass is 10.1. The smallest absolute Gasteiger partial charge is 0.123 e. The zero-order valence-electron chi connectivity index (χ0n) is 11.0. The van der Waals surface area contributed by atoms with Crippen LogP contribution in [-0.2, 0) is 20.8 Å². The summed E-state index contributed by atoms with van der Waals surface area (Å²) in [5.41, 5.74) is 1.01. The van der Waals surface area contributed by atoms with E-state index in [-0.39, 0.29) is 12.4 Å². The molecule has 0 saturated heterocycles. The molecule has 0 unspecified atom stereocenters. The lowest BCUT2D eigenvalue weighted by molar-refractivity contribution is 0.0483. The van der Waals surface area contributed by atoms with Crippen molar-refractivity contribution in [2.45, 2.75) is 13.0 Å². The van der Waals surface area contributed by atoms with Crippen LogP contribution in [0.15, 0.2) is 18.2 Å². The number of hydrogen-bond acceptors (Lipinski definition) is 4. The standard InChI is InChI=1S/C14H18FNO3/c1-17-7-8-18-5-2-6-19-11-13-9-14(15)4-3-12(13)10-16/h3-4,9H,2,5-8,11H2,1H3. The quantitative estimate of drug-likeness (QED) is 0.644. The molecule has 1 rings (SSSR count). The molecule has 0 aliphatic heterocycles. The van der Waals surface area contributed by atoms with Crippen LogP contribution in [0.3, 0.4) is 0 Å². The van der Waals surface area contributed by atoms with Crippen LogP contribution in [-0.4, -0.2) is 33.5 Å². The third kappa shape index (κ3) is 6.30. The van der Waals surface area contributed by atoms with E-state index in [2.05, 4.69) is 0 Å². The first-order valence-corrected chi connectivity index (χ1v) is 6.11. The van der Waals surface area contributed by atoms with Gasteiger partial charge in [0, 0.05) is 20.3 Å². The lowest BCUT2D eigenvalue weighted by Crippen LogP contribution is -2.06. The number of nitrogens with zero attached hydrogens (tertiary/aromatic N) is 1. The predicted octanol–water partition coefficient (Wildman–Crippen LogP) is 2.27. The van der Waals surface area contributed by atoms with Crippen molar-refractivity contribution in [2.75, 3.05) is 33.5 Å². The highest BCUT2D eigenvalue weighted by molar-refractivity contribution is 5.37. The summed E-state index contributed by atoms with van der Waals surface area (Å²) in [6, 6.07) is 6.07. The Bertz CT molecular complexity index is 418. The monoisotopic (exact) mass is 267 g/mol. The van der Waals surface area contributed by atoms with Crippen molar-refractivity contribution in [1.29, 1.82) is 5.26 Å². The van der Waals surface area contributed by atoms with Gasteiger partial charge in [0.05, 0.1) is 31.5 Å². The minimum Gasteiger partial charge on any atom is -0.382 e. The zero-order valence-corrected chi connectivity index (χ0v) is 11.0. The first-order valence-electron chi connectivity index (χ1n) is 6.11. The highest BCUT2D eigenvalue weighted by Gasteiger charge is 2.03. The molecule has 0 amide bonds.